The Kier molecular flexibility index (Phi) is 7.67. The number of aromatic nitrogens is 2. The molecule has 2 aromatic carbocycles. The van der Waals surface area contributed by atoms with Crippen LogP contribution in [0.4, 0.5) is 0 Å². The minimum Gasteiger partial charge on any atom is -0.505 e. The van der Waals surface area contributed by atoms with E-state index in [9.17, 15) is 10.2 Å². The summed E-state index contributed by atoms with van der Waals surface area (Å²) in [6.07, 6.45) is 13.7. The maximum atomic E-state index is 11.0. The molecular formula is C34H34N4O2. The number of aryl methyl sites for hydroxylation is 8. The molecule has 202 valence electrons. The fraction of sp³-hybridized carbons (Fsp3) is 0.294. The molecule has 4 aliphatic carbocycles. The van der Waals surface area contributed by atoms with Gasteiger partial charge in [-0.1, -0.05) is 48.5 Å². The molecule has 0 saturated carbocycles. The maximum absolute atomic E-state index is 11.0. The average Bonchev–Trinajstić information content (AvgIpc) is 2.96. The molecule has 8 bridgehead atoms. The zero-order valence-corrected chi connectivity index (χ0v) is 22.7. The van der Waals surface area contributed by atoms with Gasteiger partial charge in [0, 0.05) is 35.9 Å². The van der Waals surface area contributed by atoms with Gasteiger partial charge in [-0.15, -0.1) is 0 Å². The lowest BCUT2D eigenvalue weighted by molar-refractivity contribution is 0.461. The highest BCUT2D eigenvalue weighted by Crippen LogP contribution is 2.28. The first-order valence-electron chi connectivity index (χ1n) is 14.2. The monoisotopic (exact) mass is 530 g/mol. The predicted octanol–water partition coefficient (Wildman–Crippen LogP) is 5.19. The van der Waals surface area contributed by atoms with E-state index in [4.69, 9.17) is 0 Å². The first-order valence-corrected chi connectivity index (χ1v) is 14.2. The Balaban J connectivity index is 1.15. The van der Waals surface area contributed by atoms with Gasteiger partial charge in [-0.05, 0) is 84.7 Å². The van der Waals surface area contributed by atoms with E-state index in [-0.39, 0.29) is 11.5 Å². The van der Waals surface area contributed by atoms with Crippen LogP contribution in [0.2, 0.25) is 0 Å². The summed E-state index contributed by atoms with van der Waals surface area (Å²) in [5.41, 5.74) is 10.00. The first kappa shape index (κ1) is 25.9. The molecule has 40 heavy (non-hydrogen) atoms. The average molecular weight is 531 g/mol. The van der Waals surface area contributed by atoms with E-state index < -0.39 is 0 Å². The van der Waals surface area contributed by atoms with E-state index in [1.54, 1.807) is 12.4 Å². The standard InChI is InChI=1S/C34H34N4O2/c39-33-29(27-13-9-23-1-5-25(6-2-23)11-15-31(33)37-19-27)21-35-17-18-36-22-30-28-14-10-24-3-7-26(8-4-24)12-16-32(34(30)40)38-20-28/h1-8,19-22,39-40H,9-18H2. The Morgan fingerprint density at radius 1 is 0.525 bits per heavy atom. The molecule has 0 atom stereocenters. The SMILES string of the molecule is Oc1c2ncc(c1C=NCCN=Cc1c3cnc(c1O)CCc1ccc(cc1)CC3)CCc1ccc(cc1)CC2. The lowest BCUT2D eigenvalue weighted by Crippen LogP contribution is -2.06. The van der Waals surface area contributed by atoms with Crippen molar-refractivity contribution in [1.29, 1.82) is 0 Å². The van der Waals surface area contributed by atoms with E-state index in [1.807, 2.05) is 12.4 Å². The number of aromatic hydroxyl groups is 2. The molecule has 0 saturated heterocycles. The van der Waals surface area contributed by atoms with Crippen molar-refractivity contribution in [3.63, 3.8) is 0 Å². The van der Waals surface area contributed by atoms with E-state index in [0.29, 0.717) is 37.3 Å². The topological polar surface area (TPSA) is 91.0 Å². The van der Waals surface area contributed by atoms with Crippen molar-refractivity contribution in [1.82, 2.24) is 9.97 Å². The van der Waals surface area contributed by atoms with Crippen molar-refractivity contribution in [2.24, 2.45) is 9.98 Å². The molecule has 4 aromatic rings. The number of nitrogens with zero attached hydrogens (tertiary/aromatic N) is 4. The number of pyridine rings is 2. The Bertz CT molecular complexity index is 1440. The molecule has 4 aliphatic heterocycles. The van der Waals surface area contributed by atoms with E-state index in [1.165, 1.54) is 22.3 Å². The minimum absolute atomic E-state index is 0.237. The molecule has 6 heteroatoms. The summed E-state index contributed by atoms with van der Waals surface area (Å²) in [4.78, 5) is 18.3. The molecule has 0 amide bonds. The van der Waals surface area contributed by atoms with Gasteiger partial charge in [-0.2, -0.15) is 0 Å². The van der Waals surface area contributed by atoms with Crippen molar-refractivity contribution in [2.45, 2.75) is 51.4 Å². The van der Waals surface area contributed by atoms with Crippen molar-refractivity contribution >= 4 is 12.4 Å². The second-order valence-electron chi connectivity index (χ2n) is 10.7. The van der Waals surface area contributed by atoms with Crippen LogP contribution < -0.4 is 0 Å². The molecule has 0 unspecified atom stereocenters. The van der Waals surface area contributed by atoms with Crippen molar-refractivity contribution in [2.75, 3.05) is 13.1 Å². The Labute approximate surface area is 235 Å². The smallest absolute Gasteiger partial charge is 0.146 e. The van der Waals surface area contributed by atoms with Crippen molar-refractivity contribution in [3.8, 4) is 11.5 Å². The second kappa shape index (κ2) is 11.8. The lowest BCUT2D eigenvalue weighted by Gasteiger charge is -2.14. The summed E-state index contributed by atoms with van der Waals surface area (Å²) in [6.45, 7) is 0.960. The Morgan fingerprint density at radius 3 is 1.25 bits per heavy atom. The van der Waals surface area contributed by atoms with Gasteiger partial charge in [-0.25, -0.2) is 0 Å². The fourth-order valence-electron chi connectivity index (χ4n) is 5.50. The van der Waals surface area contributed by atoms with Crippen LogP contribution in [0.25, 0.3) is 0 Å². The minimum atomic E-state index is 0.237. The van der Waals surface area contributed by atoms with Crippen LogP contribution in [-0.2, 0) is 51.4 Å². The summed E-state index contributed by atoms with van der Waals surface area (Å²) >= 11 is 0. The maximum Gasteiger partial charge on any atom is 0.146 e. The van der Waals surface area contributed by atoms with Gasteiger partial charge in [0.25, 0.3) is 0 Å². The van der Waals surface area contributed by atoms with Crippen LogP contribution in [0.5, 0.6) is 11.5 Å². The van der Waals surface area contributed by atoms with Crippen LogP contribution in [-0.4, -0.2) is 45.7 Å². The van der Waals surface area contributed by atoms with Crippen LogP contribution in [0.15, 0.2) is 70.9 Å². The number of benzene rings is 2. The highest BCUT2D eigenvalue weighted by Gasteiger charge is 2.16. The van der Waals surface area contributed by atoms with Crippen LogP contribution in [0.3, 0.4) is 0 Å². The third-order valence-corrected chi connectivity index (χ3v) is 8.01. The molecule has 0 fully saturated rings. The van der Waals surface area contributed by atoms with Gasteiger partial charge in [0.15, 0.2) is 0 Å². The third kappa shape index (κ3) is 5.81. The Hall–Kier alpha value is -4.32. The zero-order chi connectivity index (χ0) is 27.3. The van der Waals surface area contributed by atoms with E-state index in [2.05, 4.69) is 68.5 Å². The van der Waals surface area contributed by atoms with Crippen molar-refractivity contribution in [3.05, 3.63) is 117 Å². The van der Waals surface area contributed by atoms with Crippen LogP contribution >= 0.6 is 0 Å². The van der Waals surface area contributed by atoms with Gasteiger partial charge >= 0.3 is 0 Å². The predicted molar refractivity (Wildman–Crippen MR) is 159 cm³/mol. The molecule has 8 aliphatic rings. The second-order valence-corrected chi connectivity index (χ2v) is 10.7. The van der Waals surface area contributed by atoms with Gasteiger partial charge < -0.3 is 10.2 Å². The number of hydrogen-bond donors (Lipinski definition) is 2. The quantitative estimate of drug-likeness (QED) is 0.274. The Morgan fingerprint density at radius 2 is 0.875 bits per heavy atom. The summed E-state index contributed by atoms with van der Waals surface area (Å²) in [7, 11) is 0. The van der Waals surface area contributed by atoms with Gasteiger partial charge in [0.05, 0.1) is 24.5 Å². The summed E-state index contributed by atoms with van der Waals surface area (Å²) < 4.78 is 0. The molecule has 12 rings (SSSR count). The van der Waals surface area contributed by atoms with E-state index in [0.717, 1.165) is 60.8 Å². The molecular weight excluding hydrogens is 496 g/mol. The third-order valence-electron chi connectivity index (χ3n) is 8.01. The first-order chi connectivity index (χ1) is 19.6. The van der Waals surface area contributed by atoms with Crippen LogP contribution in [0.1, 0.15) is 55.9 Å². The van der Waals surface area contributed by atoms with E-state index >= 15 is 0 Å². The molecule has 2 N–H and O–H groups in total. The number of rotatable bonds is 5. The highest BCUT2D eigenvalue weighted by atomic mass is 16.3. The highest BCUT2D eigenvalue weighted by molar-refractivity contribution is 5.86. The molecule has 0 radical (unpaired) electrons. The molecule has 0 spiro atoms. The molecule has 6 heterocycles. The summed E-state index contributed by atoms with van der Waals surface area (Å²) in [5.74, 6) is 0.474. The normalized spacial score (nSPS) is 14.9. The fourth-order valence-corrected chi connectivity index (χ4v) is 5.50. The largest absolute Gasteiger partial charge is 0.505 e. The van der Waals surface area contributed by atoms with Crippen LogP contribution in [0, 0.1) is 0 Å². The zero-order valence-electron chi connectivity index (χ0n) is 22.7. The number of aliphatic imine (C=N–C) groups is 2. The molecule has 6 nitrogen and oxygen atoms in total. The van der Waals surface area contributed by atoms with Gasteiger partial charge in [0.2, 0.25) is 0 Å². The molecule has 2 aromatic heterocycles. The summed E-state index contributed by atoms with van der Waals surface area (Å²) in [6, 6.07) is 17.5. The number of hydrogen-bond acceptors (Lipinski definition) is 6. The van der Waals surface area contributed by atoms with Gasteiger partial charge in [-0.3, -0.25) is 20.0 Å². The summed E-state index contributed by atoms with van der Waals surface area (Å²) in [5, 5.41) is 22.0. The van der Waals surface area contributed by atoms with Gasteiger partial charge in [0.1, 0.15) is 11.5 Å². The lowest BCUT2D eigenvalue weighted by atomic mass is 9.96. The van der Waals surface area contributed by atoms with Crippen molar-refractivity contribution < 1.29 is 10.2 Å².